The van der Waals surface area contributed by atoms with Crippen LogP contribution >= 0.6 is 0 Å². The van der Waals surface area contributed by atoms with Gasteiger partial charge in [-0.25, -0.2) is 14.8 Å². The highest BCUT2D eigenvalue weighted by molar-refractivity contribution is 5.88. The lowest BCUT2D eigenvalue weighted by Crippen LogP contribution is -2.06. The van der Waals surface area contributed by atoms with E-state index in [2.05, 4.69) is 15.0 Å². The molecule has 0 amide bonds. The summed E-state index contributed by atoms with van der Waals surface area (Å²) in [6.07, 6.45) is 2.60. The lowest BCUT2D eigenvalue weighted by atomic mass is 10.2. The fourth-order valence-electron chi connectivity index (χ4n) is 1.83. The van der Waals surface area contributed by atoms with Gasteiger partial charge in [-0.3, -0.25) is 4.79 Å². The molecule has 2 aromatic heterocycles. The fraction of sp³-hybridized carbons (Fsp3) is 0. The van der Waals surface area contributed by atoms with Gasteiger partial charge in [0.25, 0.3) is 5.56 Å². The van der Waals surface area contributed by atoms with Gasteiger partial charge in [0.1, 0.15) is 11.3 Å². The Hall–Kier alpha value is -3.22. The van der Waals surface area contributed by atoms with E-state index < -0.39 is 5.97 Å². The molecule has 1 aromatic carbocycles. The molecule has 3 rings (SSSR count). The summed E-state index contributed by atoms with van der Waals surface area (Å²) in [6, 6.07) is 7.67. The van der Waals surface area contributed by atoms with Crippen LogP contribution < -0.4 is 10.3 Å². The minimum Gasteiger partial charge on any atom is -0.478 e. The third-order valence-electron chi connectivity index (χ3n) is 2.75. The molecule has 0 fully saturated rings. The minimum absolute atomic E-state index is 0.118. The number of fused-ring (bicyclic) bond motifs is 1. The number of nitrogens with zero attached hydrogens (tertiary/aromatic N) is 2. The number of rotatable bonds is 3. The normalized spacial score (nSPS) is 10.5. The van der Waals surface area contributed by atoms with E-state index in [1.807, 2.05) is 0 Å². The number of hydrogen-bond donors (Lipinski definition) is 2. The van der Waals surface area contributed by atoms with Crippen LogP contribution in [0.3, 0.4) is 0 Å². The third-order valence-corrected chi connectivity index (χ3v) is 2.75. The van der Waals surface area contributed by atoms with Crippen molar-refractivity contribution in [3.63, 3.8) is 0 Å². The van der Waals surface area contributed by atoms with Gasteiger partial charge in [-0.1, -0.05) is 6.07 Å². The SMILES string of the molecule is O=C(O)c1cccc(Oc2ccnc3[nH]c(=O)cnc23)c1. The van der Waals surface area contributed by atoms with E-state index in [9.17, 15) is 9.59 Å². The highest BCUT2D eigenvalue weighted by atomic mass is 16.5. The topological polar surface area (TPSA) is 105 Å². The summed E-state index contributed by atoms with van der Waals surface area (Å²) in [5.41, 5.74) is 0.444. The fourth-order valence-corrected chi connectivity index (χ4v) is 1.83. The number of nitrogens with one attached hydrogen (secondary N) is 1. The first kappa shape index (κ1) is 12.8. The van der Waals surface area contributed by atoms with Crippen LogP contribution in [-0.2, 0) is 0 Å². The van der Waals surface area contributed by atoms with E-state index in [4.69, 9.17) is 9.84 Å². The first-order valence-corrected chi connectivity index (χ1v) is 5.99. The number of ether oxygens (including phenoxy) is 1. The largest absolute Gasteiger partial charge is 0.478 e. The molecule has 0 radical (unpaired) electrons. The van der Waals surface area contributed by atoms with Crippen LogP contribution in [0.1, 0.15) is 10.4 Å². The Morgan fingerprint density at radius 1 is 1.24 bits per heavy atom. The smallest absolute Gasteiger partial charge is 0.335 e. The zero-order valence-electron chi connectivity index (χ0n) is 10.6. The minimum atomic E-state index is -1.04. The van der Waals surface area contributed by atoms with Gasteiger partial charge < -0.3 is 14.8 Å². The van der Waals surface area contributed by atoms with Crippen LogP contribution in [0, 0.1) is 0 Å². The van der Waals surface area contributed by atoms with Crippen molar-refractivity contribution >= 4 is 17.1 Å². The number of aromatic amines is 1. The monoisotopic (exact) mass is 283 g/mol. The Bertz CT molecular complexity index is 889. The predicted octanol–water partition coefficient (Wildman–Crippen LogP) is 1.81. The van der Waals surface area contributed by atoms with Crippen LogP contribution in [0.4, 0.5) is 0 Å². The number of carboxylic acids is 1. The molecule has 0 unspecified atom stereocenters. The van der Waals surface area contributed by atoms with Crippen molar-refractivity contribution in [2.24, 2.45) is 0 Å². The standard InChI is InChI=1S/C14H9N3O4/c18-11-7-16-12-10(4-5-15-13(12)17-11)21-9-3-1-2-8(6-9)14(19)20/h1-7H,(H,19,20)(H,15,17,18). The highest BCUT2D eigenvalue weighted by Gasteiger charge is 2.08. The molecule has 7 heteroatoms. The summed E-state index contributed by atoms with van der Waals surface area (Å²) in [4.78, 5) is 32.7. The summed E-state index contributed by atoms with van der Waals surface area (Å²) in [5.74, 6) is -0.309. The number of aromatic carboxylic acids is 1. The number of carbonyl (C=O) groups is 1. The quantitative estimate of drug-likeness (QED) is 0.759. The lowest BCUT2D eigenvalue weighted by molar-refractivity contribution is 0.0696. The van der Waals surface area contributed by atoms with Crippen LogP contribution in [0.15, 0.2) is 47.5 Å². The summed E-state index contributed by atoms with van der Waals surface area (Å²) >= 11 is 0. The molecule has 0 saturated carbocycles. The van der Waals surface area contributed by atoms with E-state index in [0.717, 1.165) is 6.20 Å². The van der Waals surface area contributed by atoms with Crippen molar-refractivity contribution in [2.45, 2.75) is 0 Å². The van der Waals surface area contributed by atoms with E-state index in [1.165, 1.54) is 18.3 Å². The second-order valence-corrected chi connectivity index (χ2v) is 4.19. The Morgan fingerprint density at radius 2 is 2.10 bits per heavy atom. The van der Waals surface area contributed by atoms with Crippen molar-refractivity contribution in [1.82, 2.24) is 15.0 Å². The Labute approximate surface area is 117 Å². The molecule has 2 N–H and O–H groups in total. The summed E-state index contributed by atoms with van der Waals surface area (Å²) < 4.78 is 5.63. The maximum absolute atomic E-state index is 11.2. The summed E-state index contributed by atoms with van der Waals surface area (Å²) in [5, 5.41) is 8.96. The van der Waals surface area contributed by atoms with Gasteiger partial charge in [-0.15, -0.1) is 0 Å². The molecule has 2 heterocycles. The van der Waals surface area contributed by atoms with E-state index in [-0.39, 0.29) is 11.1 Å². The molecule has 0 spiro atoms. The van der Waals surface area contributed by atoms with Crippen LogP contribution in [0.2, 0.25) is 0 Å². The molecule has 0 bridgehead atoms. The maximum atomic E-state index is 11.2. The molecule has 0 saturated heterocycles. The summed E-state index contributed by atoms with van der Waals surface area (Å²) in [6.45, 7) is 0. The second kappa shape index (κ2) is 5.04. The maximum Gasteiger partial charge on any atom is 0.335 e. The van der Waals surface area contributed by atoms with Crippen molar-refractivity contribution < 1.29 is 14.6 Å². The second-order valence-electron chi connectivity index (χ2n) is 4.19. The number of H-pyrrole nitrogens is 1. The number of aromatic nitrogens is 3. The average Bonchev–Trinajstić information content (AvgIpc) is 2.47. The number of benzene rings is 1. The van der Waals surface area contributed by atoms with Crippen molar-refractivity contribution in [3.05, 3.63) is 58.6 Å². The van der Waals surface area contributed by atoms with Gasteiger partial charge in [0.15, 0.2) is 11.4 Å². The molecule has 104 valence electrons. The Balaban J connectivity index is 2.04. The Morgan fingerprint density at radius 3 is 2.90 bits per heavy atom. The zero-order valence-corrected chi connectivity index (χ0v) is 10.6. The summed E-state index contributed by atoms with van der Waals surface area (Å²) in [7, 11) is 0. The van der Waals surface area contributed by atoms with Gasteiger partial charge in [-0.05, 0) is 18.2 Å². The highest BCUT2D eigenvalue weighted by Crippen LogP contribution is 2.26. The lowest BCUT2D eigenvalue weighted by Gasteiger charge is -2.07. The number of pyridine rings is 1. The molecule has 0 atom stereocenters. The first-order valence-electron chi connectivity index (χ1n) is 5.99. The van der Waals surface area contributed by atoms with Crippen molar-refractivity contribution in [1.29, 1.82) is 0 Å². The van der Waals surface area contributed by atoms with E-state index in [1.54, 1.807) is 18.2 Å². The third kappa shape index (κ3) is 2.57. The van der Waals surface area contributed by atoms with E-state index in [0.29, 0.717) is 22.7 Å². The van der Waals surface area contributed by atoms with Gasteiger partial charge in [0.05, 0.1) is 11.8 Å². The first-order chi connectivity index (χ1) is 10.1. The average molecular weight is 283 g/mol. The van der Waals surface area contributed by atoms with Gasteiger partial charge in [0, 0.05) is 12.3 Å². The molecule has 3 aromatic rings. The molecule has 21 heavy (non-hydrogen) atoms. The molecular formula is C14H9N3O4. The van der Waals surface area contributed by atoms with Gasteiger partial charge in [-0.2, -0.15) is 0 Å². The molecule has 0 aliphatic rings. The van der Waals surface area contributed by atoms with Crippen LogP contribution in [0.5, 0.6) is 11.5 Å². The molecule has 0 aliphatic heterocycles. The van der Waals surface area contributed by atoms with E-state index >= 15 is 0 Å². The molecular weight excluding hydrogens is 274 g/mol. The van der Waals surface area contributed by atoms with Crippen LogP contribution in [-0.4, -0.2) is 26.0 Å². The van der Waals surface area contributed by atoms with Crippen molar-refractivity contribution in [2.75, 3.05) is 0 Å². The zero-order chi connectivity index (χ0) is 14.8. The Kier molecular flexibility index (Phi) is 3.07. The van der Waals surface area contributed by atoms with Crippen LogP contribution in [0.25, 0.3) is 11.2 Å². The van der Waals surface area contributed by atoms with Gasteiger partial charge >= 0.3 is 5.97 Å². The number of hydrogen-bond acceptors (Lipinski definition) is 5. The molecule has 7 nitrogen and oxygen atoms in total. The number of carboxylic acid groups (broad SMARTS) is 1. The molecule has 0 aliphatic carbocycles. The van der Waals surface area contributed by atoms with Crippen molar-refractivity contribution in [3.8, 4) is 11.5 Å². The predicted molar refractivity (Wildman–Crippen MR) is 73.6 cm³/mol. The van der Waals surface area contributed by atoms with Gasteiger partial charge in [0.2, 0.25) is 0 Å².